The van der Waals surface area contributed by atoms with Crippen molar-refractivity contribution in [3.8, 4) is 40.0 Å². The molecule has 3 heterocycles. The molecule has 2 aliphatic rings. The standard InChI is InChI=1S/C37H35F4N7O4/c1-21(38)35(50)45-25-8-4-22(5-9-25)32-30(23-6-12-27(28(18-23)52-3)36(51)44-20-37(39,40)41)31-33(46(32)2)24(19-43-34(31)42)7-13-29(49)48-16-14-47(15-17-48)26-10-11-26/h4-6,8-9,12,18-19,26H,1,10-11,14-17,20H2,2-3H3,(H2,42,43)(H,44,51)(H,45,50). The van der Waals surface area contributed by atoms with E-state index < -0.39 is 30.4 Å². The quantitative estimate of drug-likeness (QED) is 0.135. The van der Waals surface area contributed by atoms with Crippen molar-refractivity contribution in [1.82, 2.24) is 24.7 Å². The number of nitrogen functional groups attached to an aromatic ring is 1. The number of amides is 3. The summed E-state index contributed by atoms with van der Waals surface area (Å²) < 4.78 is 59.2. The van der Waals surface area contributed by atoms with E-state index in [1.807, 2.05) is 9.88 Å². The van der Waals surface area contributed by atoms with Crippen LogP contribution < -0.4 is 21.1 Å². The minimum Gasteiger partial charge on any atom is -0.496 e. The molecule has 1 saturated heterocycles. The Kier molecular flexibility index (Phi) is 9.94. The molecule has 4 aromatic rings. The van der Waals surface area contributed by atoms with Gasteiger partial charge in [0.2, 0.25) is 0 Å². The molecule has 0 bridgehead atoms. The number of ether oxygens (including phenoxy) is 1. The second-order valence-corrected chi connectivity index (χ2v) is 12.5. The molecule has 3 amide bonds. The Labute approximate surface area is 296 Å². The normalized spacial score (nSPS) is 14.8. The maximum Gasteiger partial charge on any atom is 0.405 e. The number of aryl methyl sites for hydroxylation is 1. The van der Waals surface area contributed by atoms with Crippen LogP contribution >= 0.6 is 0 Å². The van der Waals surface area contributed by atoms with Gasteiger partial charge in [-0.3, -0.25) is 19.3 Å². The van der Waals surface area contributed by atoms with E-state index in [1.165, 1.54) is 38.3 Å². The van der Waals surface area contributed by atoms with Crippen LogP contribution in [0.1, 0.15) is 28.8 Å². The number of anilines is 2. The van der Waals surface area contributed by atoms with E-state index in [9.17, 15) is 31.9 Å². The second kappa shape index (κ2) is 14.4. The van der Waals surface area contributed by atoms with Gasteiger partial charge < -0.3 is 30.6 Å². The monoisotopic (exact) mass is 717 g/mol. The van der Waals surface area contributed by atoms with Crippen LogP contribution in [0.3, 0.4) is 0 Å². The number of nitrogens with two attached hydrogens (primary N) is 1. The van der Waals surface area contributed by atoms with Crippen molar-refractivity contribution in [3.05, 3.63) is 72.2 Å². The van der Waals surface area contributed by atoms with Crippen molar-refractivity contribution < 1.29 is 36.7 Å². The summed E-state index contributed by atoms with van der Waals surface area (Å²) in [5, 5.41) is 4.72. The van der Waals surface area contributed by atoms with Gasteiger partial charge in [0.05, 0.1) is 34.8 Å². The van der Waals surface area contributed by atoms with Gasteiger partial charge in [0, 0.05) is 62.6 Å². The minimum atomic E-state index is -4.61. The number of alkyl halides is 3. The molecular weight excluding hydrogens is 682 g/mol. The fourth-order valence-electron chi connectivity index (χ4n) is 6.37. The number of pyridine rings is 1. The highest BCUT2D eigenvalue weighted by atomic mass is 19.4. The number of hydrogen-bond acceptors (Lipinski definition) is 7. The second-order valence-electron chi connectivity index (χ2n) is 12.5. The number of rotatable bonds is 8. The summed E-state index contributed by atoms with van der Waals surface area (Å²) >= 11 is 0. The molecular formula is C37H35F4N7O4. The number of fused-ring (bicyclic) bond motifs is 1. The van der Waals surface area contributed by atoms with Crippen LogP contribution in [0.5, 0.6) is 5.75 Å². The van der Waals surface area contributed by atoms with Gasteiger partial charge in [0.15, 0.2) is 5.83 Å². The van der Waals surface area contributed by atoms with Gasteiger partial charge in [0.25, 0.3) is 17.7 Å². The first kappa shape index (κ1) is 35.9. The van der Waals surface area contributed by atoms with Crippen molar-refractivity contribution in [1.29, 1.82) is 0 Å². The van der Waals surface area contributed by atoms with Gasteiger partial charge in [-0.05, 0) is 48.2 Å². The predicted molar refractivity (Wildman–Crippen MR) is 188 cm³/mol. The third-order valence-electron chi connectivity index (χ3n) is 9.05. The number of aromatic nitrogens is 2. The fraction of sp³-hybridized carbons (Fsp3) is 0.297. The molecule has 4 N–H and O–H groups in total. The lowest BCUT2D eigenvalue weighted by molar-refractivity contribution is -0.127. The number of piperazine rings is 1. The number of nitrogens with zero attached hydrogens (tertiary/aromatic N) is 4. The van der Waals surface area contributed by atoms with E-state index in [2.05, 4.69) is 33.6 Å². The zero-order valence-electron chi connectivity index (χ0n) is 28.4. The summed E-state index contributed by atoms with van der Waals surface area (Å²) in [6, 6.07) is 11.5. The molecule has 1 aliphatic heterocycles. The highest BCUT2D eigenvalue weighted by Gasteiger charge is 2.32. The van der Waals surface area contributed by atoms with Crippen molar-refractivity contribution >= 4 is 40.1 Å². The molecule has 1 saturated carbocycles. The lowest BCUT2D eigenvalue weighted by Crippen LogP contribution is -2.49. The molecule has 11 nitrogen and oxygen atoms in total. The molecule has 2 aromatic carbocycles. The van der Waals surface area contributed by atoms with Gasteiger partial charge in [-0.2, -0.15) is 13.2 Å². The molecule has 6 rings (SSSR count). The highest BCUT2D eigenvalue weighted by Crippen LogP contribution is 2.44. The van der Waals surface area contributed by atoms with Crippen LogP contribution in [0.15, 0.2) is 61.1 Å². The highest BCUT2D eigenvalue weighted by molar-refractivity contribution is 6.12. The van der Waals surface area contributed by atoms with Crippen LogP contribution in [0.2, 0.25) is 0 Å². The number of benzene rings is 2. The van der Waals surface area contributed by atoms with E-state index in [4.69, 9.17) is 10.5 Å². The van der Waals surface area contributed by atoms with Gasteiger partial charge in [-0.15, -0.1) is 0 Å². The largest absolute Gasteiger partial charge is 0.496 e. The number of hydrogen-bond donors (Lipinski definition) is 3. The van der Waals surface area contributed by atoms with Crippen LogP contribution in [-0.4, -0.2) is 89.1 Å². The summed E-state index contributed by atoms with van der Waals surface area (Å²) in [4.78, 5) is 46.3. The average molecular weight is 718 g/mol. The number of nitrogens with one attached hydrogen (secondary N) is 2. The van der Waals surface area contributed by atoms with Gasteiger partial charge in [-0.1, -0.05) is 30.7 Å². The Balaban J connectivity index is 1.45. The molecule has 270 valence electrons. The summed E-state index contributed by atoms with van der Waals surface area (Å²) in [5.74, 6) is 2.45. The third-order valence-corrected chi connectivity index (χ3v) is 9.05. The first-order valence-electron chi connectivity index (χ1n) is 16.4. The number of carbonyl (C=O) groups is 3. The molecule has 2 aromatic heterocycles. The molecule has 52 heavy (non-hydrogen) atoms. The first-order valence-corrected chi connectivity index (χ1v) is 16.4. The zero-order chi connectivity index (χ0) is 37.3. The van der Waals surface area contributed by atoms with Crippen molar-refractivity contribution in [2.75, 3.05) is 50.9 Å². The summed E-state index contributed by atoms with van der Waals surface area (Å²) in [6.07, 6.45) is -0.745. The number of halogens is 4. The molecule has 0 radical (unpaired) electrons. The maximum atomic E-state index is 13.4. The van der Waals surface area contributed by atoms with Crippen LogP contribution in [0.4, 0.5) is 29.1 Å². The van der Waals surface area contributed by atoms with Crippen LogP contribution in [-0.2, 0) is 16.6 Å². The van der Waals surface area contributed by atoms with E-state index in [-0.39, 0.29) is 23.0 Å². The Morgan fingerprint density at radius 2 is 1.73 bits per heavy atom. The smallest absolute Gasteiger partial charge is 0.405 e. The molecule has 0 unspecified atom stereocenters. The molecule has 15 heteroatoms. The number of carbonyl (C=O) groups excluding carboxylic acids is 3. The van der Waals surface area contributed by atoms with Crippen molar-refractivity contribution in [2.24, 2.45) is 7.05 Å². The first-order chi connectivity index (χ1) is 24.8. The van der Waals surface area contributed by atoms with E-state index in [0.29, 0.717) is 63.7 Å². The minimum absolute atomic E-state index is 0.000467. The summed E-state index contributed by atoms with van der Waals surface area (Å²) in [6.45, 7) is 4.25. The fourth-order valence-corrected chi connectivity index (χ4v) is 6.37. The van der Waals surface area contributed by atoms with Crippen LogP contribution in [0.25, 0.3) is 33.3 Å². The number of methoxy groups -OCH3 is 1. The van der Waals surface area contributed by atoms with Crippen molar-refractivity contribution in [3.63, 3.8) is 0 Å². The van der Waals surface area contributed by atoms with Gasteiger partial charge in [-0.25, -0.2) is 9.37 Å². The lowest BCUT2D eigenvalue weighted by Gasteiger charge is -2.33. The topological polar surface area (TPSA) is 135 Å². The Morgan fingerprint density at radius 3 is 2.35 bits per heavy atom. The Morgan fingerprint density at radius 1 is 1.06 bits per heavy atom. The predicted octanol–water partition coefficient (Wildman–Crippen LogP) is 4.87. The van der Waals surface area contributed by atoms with E-state index in [0.717, 1.165) is 13.1 Å². The summed E-state index contributed by atoms with van der Waals surface area (Å²) in [7, 11) is 3.05. The third kappa shape index (κ3) is 7.57. The zero-order valence-corrected chi connectivity index (χ0v) is 28.4. The maximum absolute atomic E-state index is 13.4. The SMILES string of the molecule is C=C(F)C(=O)Nc1ccc(-c2c(-c3ccc(C(=O)NCC(F)(F)F)c(OC)c3)c3c(N)ncc(C#CC(=O)N4CCN(C5CC5)CC4)c3n2C)cc1. The molecule has 0 spiro atoms. The Bertz CT molecular complexity index is 2140. The summed E-state index contributed by atoms with van der Waals surface area (Å²) in [5.41, 5.74) is 9.82. The average Bonchev–Trinajstić information content (AvgIpc) is 3.93. The Hall–Kier alpha value is -5.88. The lowest BCUT2D eigenvalue weighted by atomic mass is 9.96. The van der Waals surface area contributed by atoms with E-state index >= 15 is 0 Å². The van der Waals surface area contributed by atoms with Gasteiger partial charge in [0.1, 0.15) is 18.1 Å². The van der Waals surface area contributed by atoms with Crippen molar-refractivity contribution in [2.45, 2.75) is 25.1 Å². The molecule has 1 aliphatic carbocycles. The van der Waals surface area contributed by atoms with Crippen LogP contribution in [0, 0.1) is 11.8 Å². The molecule has 2 fully saturated rings. The van der Waals surface area contributed by atoms with E-state index in [1.54, 1.807) is 42.3 Å². The molecule has 0 atom stereocenters. The van der Waals surface area contributed by atoms with Gasteiger partial charge >= 0.3 is 6.18 Å².